The van der Waals surface area contributed by atoms with Gasteiger partial charge in [0.05, 0.1) is 12.9 Å². The molecule has 6 nitrogen and oxygen atoms in total. The zero-order valence-electron chi connectivity index (χ0n) is 14.0. The van der Waals surface area contributed by atoms with Crippen molar-refractivity contribution in [2.24, 2.45) is 0 Å². The summed E-state index contributed by atoms with van der Waals surface area (Å²) in [6.07, 6.45) is 4.38. The Morgan fingerprint density at radius 3 is 2.71 bits per heavy atom. The van der Waals surface area contributed by atoms with Crippen LogP contribution in [0.2, 0.25) is 0 Å². The van der Waals surface area contributed by atoms with Crippen LogP contribution in [0.3, 0.4) is 0 Å². The number of aromatic nitrogens is 1. The van der Waals surface area contributed by atoms with Gasteiger partial charge in [0.15, 0.2) is 5.76 Å². The molecule has 6 heteroatoms. The number of carbonyl (C=O) groups excluding carboxylic acids is 1. The van der Waals surface area contributed by atoms with Crippen molar-refractivity contribution in [3.8, 4) is 5.88 Å². The third-order valence-electron chi connectivity index (χ3n) is 4.05. The van der Waals surface area contributed by atoms with E-state index in [1.54, 1.807) is 12.1 Å². The zero-order valence-corrected chi connectivity index (χ0v) is 14.0. The van der Waals surface area contributed by atoms with Crippen LogP contribution < -0.4 is 4.74 Å². The van der Waals surface area contributed by atoms with Gasteiger partial charge in [0.1, 0.15) is 0 Å². The highest BCUT2D eigenvalue weighted by Gasteiger charge is 2.23. The minimum absolute atomic E-state index is 0.0289. The molecule has 1 fully saturated rings. The summed E-state index contributed by atoms with van der Waals surface area (Å²) in [5.74, 6) is 1.06. The number of pyridine rings is 1. The van der Waals surface area contributed by atoms with Crippen LogP contribution in [0.1, 0.15) is 29.5 Å². The highest BCUT2D eigenvalue weighted by atomic mass is 16.5. The van der Waals surface area contributed by atoms with Crippen molar-refractivity contribution in [3.63, 3.8) is 0 Å². The quantitative estimate of drug-likeness (QED) is 0.814. The highest BCUT2D eigenvalue weighted by molar-refractivity contribution is 5.91. The molecule has 0 spiro atoms. The van der Waals surface area contributed by atoms with Crippen molar-refractivity contribution < 1.29 is 13.9 Å². The summed E-state index contributed by atoms with van der Waals surface area (Å²) < 4.78 is 10.7. The van der Waals surface area contributed by atoms with E-state index in [-0.39, 0.29) is 5.91 Å². The summed E-state index contributed by atoms with van der Waals surface area (Å²) in [5, 5.41) is 0. The van der Waals surface area contributed by atoms with Crippen molar-refractivity contribution in [3.05, 3.63) is 48.0 Å². The molecule has 0 N–H and O–H groups in total. The maximum Gasteiger partial charge on any atom is 0.289 e. The fraction of sp³-hybridized carbons (Fsp3) is 0.444. The Balaban J connectivity index is 1.47. The minimum atomic E-state index is -0.0289. The fourth-order valence-electron chi connectivity index (χ4n) is 2.72. The monoisotopic (exact) mass is 329 g/mol. The van der Waals surface area contributed by atoms with Crippen LogP contribution in [0, 0.1) is 0 Å². The second-order valence-corrected chi connectivity index (χ2v) is 5.90. The molecule has 24 heavy (non-hydrogen) atoms. The molecule has 2 aromatic heterocycles. The largest absolute Gasteiger partial charge is 0.478 e. The molecule has 0 aliphatic carbocycles. The maximum atomic E-state index is 12.2. The molecule has 1 aliphatic rings. The molecule has 128 valence electrons. The Kier molecular flexibility index (Phi) is 5.48. The number of amides is 1. The van der Waals surface area contributed by atoms with Crippen molar-refractivity contribution >= 4 is 5.91 Å². The molecule has 1 aliphatic heterocycles. The predicted molar refractivity (Wildman–Crippen MR) is 89.9 cm³/mol. The molecule has 1 amide bonds. The van der Waals surface area contributed by atoms with Gasteiger partial charge in [0.2, 0.25) is 5.88 Å². The summed E-state index contributed by atoms with van der Waals surface area (Å²) in [7, 11) is 0. The van der Waals surface area contributed by atoms with Crippen LogP contribution >= 0.6 is 0 Å². The third-order valence-corrected chi connectivity index (χ3v) is 4.05. The van der Waals surface area contributed by atoms with Gasteiger partial charge in [-0.3, -0.25) is 9.69 Å². The SMILES string of the molecule is CCCOc1ccc(CN2CCN(C(=O)c3ccco3)CC2)cn1. The van der Waals surface area contributed by atoms with Crippen LogP contribution in [0.5, 0.6) is 5.88 Å². The lowest BCUT2D eigenvalue weighted by atomic mass is 10.2. The van der Waals surface area contributed by atoms with Crippen molar-refractivity contribution in [1.29, 1.82) is 0 Å². The van der Waals surface area contributed by atoms with Crippen LogP contribution in [-0.4, -0.2) is 53.5 Å². The first-order valence-electron chi connectivity index (χ1n) is 8.39. The summed E-state index contributed by atoms with van der Waals surface area (Å²) >= 11 is 0. The van der Waals surface area contributed by atoms with Gasteiger partial charge < -0.3 is 14.1 Å². The maximum absolute atomic E-state index is 12.2. The number of rotatable bonds is 6. The molecule has 0 bridgehead atoms. The smallest absolute Gasteiger partial charge is 0.289 e. The molecule has 0 saturated carbocycles. The molecule has 1 saturated heterocycles. The molecule has 0 atom stereocenters. The normalized spacial score (nSPS) is 15.5. The Morgan fingerprint density at radius 2 is 2.08 bits per heavy atom. The van der Waals surface area contributed by atoms with Gasteiger partial charge in [-0.2, -0.15) is 0 Å². The van der Waals surface area contributed by atoms with E-state index in [2.05, 4.69) is 22.9 Å². The lowest BCUT2D eigenvalue weighted by molar-refractivity contribution is 0.0597. The third kappa shape index (κ3) is 4.14. The molecular weight excluding hydrogens is 306 g/mol. The van der Waals surface area contributed by atoms with Gasteiger partial charge in [-0.25, -0.2) is 4.98 Å². The summed E-state index contributed by atoms with van der Waals surface area (Å²) in [5.41, 5.74) is 1.16. The Labute approximate surface area is 142 Å². The first-order chi connectivity index (χ1) is 11.8. The van der Waals surface area contributed by atoms with Gasteiger partial charge in [-0.05, 0) is 24.1 Å². The van der Waals surface area contributed by atoms with Crippen molar-refractivity contribution in [2.75, 3.05) is 32.8 Å². The topological polar surface area (TPSA) is 58.8 Å². The number of carbonyl (C=O) groups is 1. The fourth-order valence-corrected chi connectivity index (χ4v) is 2.72. The van der Waals surface area contributed by atoms with E-state index in [0.717, 1.165) is 31.6 Å². The highest BCUT2D eigenvalue weighted by Crippen LogP contribution is 2.13. The van der Waals surface area contributed by atoms with Crippen LogP contribution in [0.25, 0.3) is 0 Å². The van der Waals surface area contributed by atoms with Gasteiger partial charge >= 0.3 is 0 Å². The predicted octanol–water partition coefficient (Wildman–Crippen LogP) is 2.42. The van der Waals surface area contributed by atoms with Crippen molar-refractivity contribution in [1.82, 2.24) is 14.8 Å². The zero-order chi connectivity index (χ0) is 16.8. The van der Waals surface area contributed by atoms with Crippen LogP contribution in [0.4, 0.5) is 0 Å². The Bertz CT molecular complexity index is 632. The molecule has 2 aromatic rings. The lowest BCUT2D eigenvalue weighted by Gasteiger charge is -2.34. The van der Waals surface area contributed by atoms with Gasteiger partial charge in [0.25, 0.3) is 5.91 Å². The first kappa shape index (κ1) is 16.5. The van der Waals surface area contributed by atoms with E-state index in [1.165, 1.54) is 6.26 Å². The van der Waals surface area contributed by atoms with Crippen LogP contribution in [-0.2, 0) is 6.54 Å². The Morgan fingerprint density at radius 1 is 1.25 bits per heavy atom. The summed E-state index contributed by atoms with van der Waals surface area (Å²) in [6.45, 7) is 6.73. The summed E-state index contributed by atoms with van der Waals surface area (Å²) in [4.78, 5) is 20.7. The number of hydrogen-bond donors (Lipinski definition) is 0. The average Bonchev–Trinajstić information content (AvgIpc) is 3.16. The molecule has 0 radical (unpaired) electrons. The number of furan rings is 1. The number of ether oxygens (including phenoxy) is 1. The second kappa shape index (κ2) is 7.97. The second-order valence-electron chi connectivity index (χ2n) is 5.90. The molecule has 0 unspecified atom stereocenters. The van der Waals surface area contributed by atoms with E-state index >= 15 is 0 Å². The molecule has 3 rings (SSSR count). The lowest BCUT2D eigenvalue weighted by Crippen LogP contribution is -2.48. The van der Waals surface area contributed by atoms with E-state index in [4.69, 9.17) is 9.15 Å². The van der Waals surface area contributed by atoms with Gasteiger partial charge in [-0.1, -0.05) is 13.0 Å². The molecule has 3 heterocycles. The van der Waals surface area contributed by atoms with Crippen molar-refractivity contribution in [2.45, 2.75) is 19.9 Å². The first-order valence-corrected chi connectivity index (χ1v) is 8.39. The van der Waals surface area contributed by atoms with E-state index in [0.29, 0.717) is 31.3 Å². The number of hydrogen-bond acceptors (Lipinski definition) is 5. The molecular formula is C18H23N3O3. The summed E-state index contributed by atoms with van der Waals surface area (Å²) in [6, 6.07) is 7.42. The number of nitrogens with zero attached hydrogens (tertiary/aromatic N) is 3. The van der Waals surface area contributed by atoms with Gasteiger partial charge in [0, 0.05) is 45.0 Å². The number of piperazine rings is 1. The average molecular weight is 329 g/mol. The Hall–Kier alpha value is -2.34. The van der Waals surface area contributed by atoms with Gasteiger partial charge in [-0.15, -0.1) is 0 Å². The van der Waals surface area contributed by atoms with E-state index in [1.807, 2.05) is 17.2 Å². The molecule has 0 aromatic carbocycles. The van der Waals surface area contributed by atoms with E-state index < -0.39 is 0 Å². The van der Waals surface area contributed by atoms with E-state index in [9.17, 15) is 4.79 Å². The van der Waals surface area contributed by atoms with Crippen LogP contribution in [0.15, 0.2) is 41.1 Å². The minimum Gasteiger partial charge on any atom is -0.478 e. The standard InChI is InChI=1S/C18H23N3O3/c1-2-11-24-17-6-5-15(13-19-17)14-20-7-9-21(10-8-20)18(22)16-4-3-12-23-16/h3-6,12-13H,2,7-11,14H2,1H3.